The molecule has 0 aromatic carbocycles. The third-order valence-electron chi connectivity index (χ3n) is 2.86. The van der Waals surface area contributed by atoms with E-state index in [9.17, 15) is 4.79 Å². The predicted octanol–water partition coefficient (Wildman–Crippen LogP) is 1.50. The maximum absolute atomic E-state index is 12.0. The quantitative estimate of drug-likeness (QED) is 0.765. The average molecular weight is 254 g/mol. The number of aromatic nitrogens is 3. The Morgan fingerprint density at radius 3 is 2.89 bits per heavy atom. The zero-order chi connectivity index (χ0) is 13.1. The fraction of sp³-hybridized carbons (Fsp3) is 0.143. The Kier molecular flexibility index (Phi) is 3.02. The van der Waals surface area contributed by atoms with Gasteiger partial charge in [-0.1, -0.05) is 24.3 Å². The summed E-state index contributed by atoms with van der Waals surface area (Å²) >= 11 is 0. The lowest BCUT2D eigenvalue weighted by Crippen LogP contribution is -2.15. The van der Waals surface area contributed by atoms with Crippen LogP contribution in [0.1, 0.15) is 22.8 Å². The largest absolute Gasteiger partial charge is 0.469 e. The molecule has 0 aliphatic heterocycles. The highest BCUT2D eigenvalue weighted by molar-refractivity contribution is 5.20. The van der Waals surface area contributed by atoms with E-state index in [0.29, 0.717) is 24.2 Å². The van der Waals surface area contributed by atoms with Gasteiger partial charge in [-0.2, -0.15) is 0 Å². The fourth-order valence-corrected chi connectivity index (χ4v) is 1.92. The molecule has 5 heteroatoms. The van der Waals surface area contributed by atoms with Gasteiger partial charge in [-0.3, -0.25) is 4.79 Å². The first-order valence-corrected chi connectivity index (χ1v) is 5.97. The second kappa shape index (κ2) is 4.97. The molecule has 0 atom stereocenters. The summed E-state index contributed by atoms with van der Waals surface area (Å²) in [5.74, 6) is 1.48. The van der Waals surface area contributed by atoms with Gasteiger partial charge in [0.1, 0.15) is 5.76 Å². The van der Waals surface area contributed by atoms with E-state index in [4.69, 9.17) is 4.42 Å². The van der Waals surface area contributed by atoms with Crippen molar-refractivity contribution in [2.45, 2.75) is 12.8 Å². The minimum absolute atomic E-state index is 0.103. The lowest BCUT2D eigenvalue weighted by atomic mass is 10.1. The van der Waals surface area contributed by atoms with Crippen molar-refractivity contribution in [2.75, 3.05) is 0 Å². The van der Waals surface area contributed by atoms with E-state index >= 15 is 0 Å². The highest BCUT2D eigenvalue weighted by Crippen LogP contribution is 2.07. The number of nitrogens with one attached hydrogen (secondary N) is 1. The molecule has 5 nitrogen and oxygen atoms in total. The second-order valence-electron chi connectivity index (χ2n) is 4.24. The lowest BCUT2D eigenvalue weighted by Gasteiger charge is -2.05. The van der Waals surface area contributed by atoms with Gasteiger partial charge in [0.15, 0.2) is 0 Å². The molecule has 0 saturated heterocycles. The second-order valence-corrected chi connectivity index (χ2v) is 4.24. The maximum Gasteiger partial charge on any atom is 0.251 e. The Bertz CT molecular complexity index is 697. The summed E-state index contributed by atoms with van der Waals surface area (Å²) in [4.78, 5) is 22.9. The number of pyridine rings is 1. The predicted molar refractivity (Wildman–Crippen MR) is 68.9 cm³/mol. The number of furan rings is 1. The number of H-pyrrole nitrogens is 1. The van der Waals surface area contributed by atoms with Gasteiger partial charge in [0.05, 0.1) is 6.26 Å². The summed E-state index contributed by atoms with van der Waals surface area (Å²) in [7, 11) is 0. The maximum atomic E-state index is 12.0. The number of nitrogens with zero attached hydrogens (tertiary/aromatic N) is 2. The molecular weight excluding hydrogens is 242 g/mol. The smallest absolute Gasteiger partial charge is 0.251 e. The molecule has 0 bridgehead atoms. The van der Waals surface area contributed by atoms with Crippen LogP contribution in [0.5, 0.6) is 0 Å². The van der Waals surface area contributed by atoms with E-state index in [1.807, 2.05) is 24.3 Å². The Morgan fingerprint density at radius 1 is 1.26 bits per heavy atom. The summed E-state index contributed by atoms with van der Waals surface area (Å²) in [6.45, 7) is 0. The Morgan fingerprint density at radius 2 is 2.21 bits per heavy atom. The van der Waals surface area contributed by atoms with Crippen LogP contribution in [-0.2, 0) is 12.8 Å². The highest BCUT2D eigenvalue weighted by atomic mass is 16.3. The van der Waals surface area contributed by atoms with Crippen LogP contribution in [0.3, 0.4) is 0 Å². The molecular formula is C14H12N3O2-. The summed E-state index contributed by atoms with van der Waals surface area (Å²) in [6, 6.07) is 7.41. The number of imidazole rings is 1. The monoisotopic (exact) mass is 254 g/mol. The third-order valence-corrected chi connectivity index (χ3v) is 2.86. The van der Waals surface area contributed by atoms with Crippen LogP contribution in [-0.4, -0.2) is 9.97 Å². The third kappa shape index (κ3) is 2.65. The van der Waals surface area contributed by atoms with Crippen LogP contribution in [0.25, 0.3) is 0 Å². The first kappa shape index (κ1) is 11.5. The topological polar surface area (TPSA) is 73.0 Å². The zero-order valence-corrected chi connectivity index (χ0v) is 10.2. The van der Waals surface area contributed by atoms with Crippen molar-refractivity contribution in [1.82, 2.24) is 15.0 Å². The van der Waals surface area contributed by atoms with Crippen LogP contribution in [0.15, 0.2) is 52.1 Å². The minimum Gasteiger partial charge on any atom is -0.469 e. The van der Waals surface area contributed by atoms with Crippen LogP contribution in [0.2, 0.25) is 0 Å². The van der Waals surface area contributed by atoms with E-state index in [-0.39, 0.29) is 5.56 Å². The molecule has 96 valence electrons. The molecule has 3 rings (SSSR count). The van der Waals surface area contributed by atoms with E-state index in [0.717, 1.165) is 11.5 Å². The molecule has 0 aliphatic carbocycles. The van der Waals surface area contributed by atoms with Gasteiger partial charge < -0.3 is 19.4 Å². The van der Waals surface area contributed by atoms with Crippen LogP contribution in [0, 0.1) is 0 Å². The van der Waals surface area contributed by atoms with E-state index in [2.05, 4.69) is 15.0 Å². The molecule has 1 N–H and O–H groups in total. The molecule has 3 aromatic rings. The molecule has 0 unspecified atom stereocenters. The molecule has 0 fully saturated rings. The Hall–Kier alpha value is -2.56. The van der Waals surface area contributed by atoms with Crippen molar-refractivity contribution in [3.8, 4) is 0 Å². The van der Waals surface area contributed by atoms with Gasteiger partial charge in [0.2, 0.25) is 0 Å². The fourth-order valence-electron chi connectivity index (χ4n) is 1.92. The molecule has 3 heterocycles. The average Bonchev–Trinajstić information content (AvgIpc) is 3.05. The van der Waals surface area contributed by atoms with Gasteiger partial charge in [-0.05, 0) is 24.6 Å². The Balaban J connectivity index is 1.80. The van der Waals surface area contributed by atoms with Gasteiger partial charge in [-0.15, -0.1) is 0 Å². The van der Waals surface area contributed by atoms with Crippen molar-refractivity contribution in [3.63, 3.8) is 0 Å². The van der Waals surface area contributed by atoms with Gasteiger partial charge in [0.25, 0.3) is 5.56 Å². The first-order chi connectivity index (χ1) is 9.31. The van der Waals surface area contributed by atoms with Crippen LogP contribution in [0.4, 0.5) is 0 Å². The highest BCUT2D eigenvalue weighted by Gasteiger charge is 2.03. The van der Waals surface area contributed by atoms with Gasteiger partial charge in [-0.25, -0.2) is 0 Å². The van der Waals surface area contributed by atoms with Crippen molar-refractivity contribution in [1.29, 1.82) is 0 Å². The molecule has 0 radical (unpaired) electrons. The van der Waals surface area contributed by atoms with E-state index in [1.54, 1.807) is 18.7 Å². The van der Waals surface area contributed by atoms with E-state index < -0.39 is 0 Å². The van der Waals surface area contributed by atoms with Crippen LogP contribution >= 0.6 is 0 Å². The molecule has 0 saturated carbocycles. The van der Waals surface area contributed by atoms with Gasteiger partial charge >= 0.3 is 0 Å². The SMILES string of the molecule is O=c1[nH]c(Cc2ccco2)ccc1Cc1ncc[n-]1. The van der Waals surface area contributed by atoms with E-state index in [1.165, 1.54) is 0 Å². The number of hydrogen-bond acceptors (Lipinski definition) is 3. The molecule has 3 aromatic heterocycles. The molecule has 19 heavy (non-hydrogen) atoms. The van der Waals surface area contributed by atoms with Crippen molar-refractivity contribution in [3.05, 3.63) is 76.1 Å². The standard InChI is InChI=1S/C14H13N3O2/c18-14-10(8-13-15-5-6-16-13)3-4-11(17-14)9-12-2-1-7-19-12/h1-7H,8-9H2,(H2,15,16,17,18)/p-1. The molecule has 0 amide bonds. The Labute approximate surface area is 109 Å². The van der Waals surface area contributed by atoms with Crippen LogP contribution < -0.4 is 10.5 Å². The summed E-state index contributed by atoms with van der Waals surface area (Å²) in [5, 5.41) is 0. The van der Waals surface area contributed by atoms with Crippen molar-refractivity contribution < 1.29 is 4.42 Å². The zero-order valence-electron chi connectivity index (χ0n) is 10.2. The number of hydrogen-bond donors (Lipinski definition) is 1. The first-order valence-electron chi connectivity index (χ1n) is 5.97. The number of rotatable bonds is 4. The number of aromatic amines is 1. The van der Waals surface area contributed by atoms with Crippen molar-refractivity contribution in [2.24, 2.45) is 0 Å². The normalized spacial score (nSPS) is 10.7. The molecule has 0 aliphatic rings. The summed E-state index contributed by atoms with van der Waals surface area (Å²) < 4.78 is 5.25. The molecule has 0 spiro atoms. The van der Waals surface area contributed by atoms with Gasteiger partial charge in [0, 0.05) is 17.7 Å². The summed E-state index contributed by atoms with van der Waals surface area (Å²) in [6.07, 6.45) is 5.89. The summed E-state index contributed by atoms with van der Waals surface area (Å²) in [5.41, 5.74) is 1.38. The lowest BCUT2D eigenvalue weighted by molar-refractivity contribution is 0.519. The minimum atomic E-state index is -0.103. The van der Waals surface area contributed by atoms with Crippen molar-refractivity contribution >= 4 is 0 Å².